The number of likely N-dealkylation sites (tertiary alicyclic amines) is 1. The van der Waals surface area contributed by atoms with E-state index in [1.165, 1.54) is 4.90 Å². The second-order valence-corrected chi connectivity index (χ2v) is 5.35. The molecule has 0 spiro atoms. The Hall–Kier alpha value is -0.900. The van der Waals surface area contributed by atoms with Crippen LogP contribution in [-0.2, 0) is 9.59 Å². The van der Waals surface area contributed by atoms with Crippen molar-refractivity contribution in [3.63, 3.8) is 0 Å². The van der Waals surface area contributed by atoms with Crippen LogP contribution < -0.4 is 5.32 Å². The number of fused-ring (bicyclic) bond motifs is 1. The molecule has 2 rings (SSSR count). The number of carbonyl (C=O) groups excluding carboxylic acids is 2. The molecular formula is C12H20N2O2. The first-order valence-electron chi connectivity index (χ1n) is 6.07. The highest BCUT2D eigenvalue weighted by atomic mass is 16.2. The maximum Gasteiger partial charge on any atom is 0.233 e. The van der Waals surface area contributed by atoms with E-state index in [4.69, 9.17) is 0 Å². The molecule has 1 heterocycles. The van der Waals surface area contributed by atoms with Gasteiger partial charge in [0.05, 0.1) is 11.8 Å². The number of nitrogens with zero attached hydrogens (tertiary/aromatic N) is 1. The van der Waals surface area contributed by atoms with Crippen LogP contribution in [0.3, 0.4) is 0 Å². The Bertz CT molecular complexity index is 301. The fourth-order valence-corrected chi connectivity index (χ4v) is 2.72. The lowest BCUT2D eigenvalue weighted by Gasteiger charge is -2.20. The third-order valence-electron chi connectivity index (χ3n) is 3.83. The van der Waals surface area contributed by atoms with Gasteiger partial charge in [0.15, 0.2) is 0 Å². The molecule has 2 amide bonds. The molecule has 2 fully saturated rings. The topological polar surface area (TPSA) is 49.4 Å². The molecule has 1 aliphatic carbocycles. The number of piperidine rings is 1. The predicted molar refractivity (Wildman–Crippen MR) is 60.6 cm³/mol. The predicted octanol–water partition coefficient (Wildman–Crippen LogP) is 0.627. The third kappa shape index (κ3) is 1.56. The van der Waals surface area contributed by atoms with Crippen LogP contribution in [0, 0.1) is 17.3 Å². The summed E-state index contributed by atoms with van der Waals surface area (Å²) in [6, 6.07) is 0. The molecule has 1 aliphatic heterocycles. The van der Waals surface area contributed by atoms with Crippen LogP contribution in [0.2, 0.25) is 0 Å². The van der Waals surface area contributed by atoms with Gasteiger partial charge >= 0.3 is 0 Å². The summed E-state index contributed by atoms with van der Waals surface area (Å²) in [4.78, 5) is 25.3. The van der Waals surface area contributed by atoms with Gasteiger partial charge in [-0.1, -0.05) is 20.8 Å². The second-order valence-electron chi connectivity index (χ2n) is 5.35. The number of carbonyl (C=O) groups is 2. The molecule has 0 aromatic heterocycles. The minimum Gasteiger partial charge on any atom is -0.315 e. The van der Waals surface area contributed by atoms with Gasteiger partial charge in [0.1, 0.15) is 0 Å². The maximum absolute atomic E-state index is 11.9. The molecule has 1 N–H and O–H groups in total. The first-order chi connectivity index (χ1) is 7.51. The van der Waals surface area contributed by atoms with Gasteiger partial charge in [-0.3, -0.25) is 14.5 Å². The van der Waals surface area contributed by atoms with Gasteiger partial charge in [-0.25, -0.2) is 0 Å². The molecule has 0 radical (unpaired) electrons. The summed E-state index contributed by atoms with van der Waals surface area (Å²) in [5.41, 5.74) is -0.0818. The van der Waals surface area contributed by atoms with Gasteiger partial charge in [0.25, 0.3) is 0 Å². The van der Waals surface area contributed by atoms with Crippen LogP contribution in [-0.4, -0.2) is 36.3 Å². The van der Waals surface area contributed by atoms with Gasteiger partial charge in [0.2, 0.25) is 11.8 Å². The standard InChI is InChI=1S/C12H20N2O2/c1-4-5-13-6-7-14-10(15)8-9(11(14)16)12(8,2)3/h8-9,13H,4-7H2,1-3H3. The Morgan fingerprint density at radius 1 is 1.19 bits per heavy atom. The molecular weight excluding hydrogens is 204 g/mol. The smallest absolute Gasteiger partial charge is 0.233 e. The first-order valence-corrected chi connectivity index (χ1v) is 6.07. The maximum atomic E-state index is 11.9. The van der Waals surface area contributed by atoms with Gasteiger partial charge < -0.3 is 5.32 Å². The highest BCUT2D eigenvalue weighted by molar-refractivity contribution is 6.10. The minimum atomic E-state index is -0.0818. The van der Waals surface area contributed by atoms with E-state index >= 15 is 0 Å². The van der Waals surface area contributed by atoms with Gasteiger partial charge in [0, 0.05) is 13.1 Å². The zero-order valence-corrected chi connectivity index (χ0v) is 10.2. The van der Waals surface area contributed by atoms with Crippen molar-refractivity contribution in [3.8, 4) is 0 Å². The SMILES string of the molecule is CCCNCCN1C(=O)C2C(C1=O)C2(C)C. The zero-order valence-electron chi connectivity index (χ0n) is 10.2. The van der Waals surface area contributed by atoms with E-state index in [1.807, 2.05) is 13.8 Å². The van der Waals surface area contributed by atoms with Crippen LogP contribution in [0.1, 0.15) is 27.2 Å². The summed E-state index contributed by atoms with van der Waals surface area (Å²) >= 11 is 0. The summed E-state index contributed by atoms with van der Waals surface area (Å²) in [7, 11) is 0. The van der Waals surface area contributed by atoms with Crippen LogP contribution in [0.4, 0.5) is 0 Å². The number of hydrogen-bond donors (Lipinski definition) is 1. The van der Waals surface area contributed by atoms with E-state index in [0.717, 1.165) is 13.0 Å². The zero-order chi connectivity index (χ0) is 11.9. The van der Waals surface area contributed by atoms with Crippen LogP contribution in [0.25, 0.3) is 0 Å². The van der Waals surface area contributed by atoms with Crippen molar-refractivity contribution >= 4 is 11.8 Å². The first kappa shape index (κ1) is 11.6. The summed E-state index contributed by atoms with van der Waals surface area (Å²) in [5, 5.41) is 3.21. The number of amides is 2. The summed E-state index contributed by atoms with van der Waals surface area (Å²) in [5.74, 6) is 0.00828. The van der Waals surface area contributed by atoms with Crippen molar-refractivity contribution in [2.24, 2.45) is 17.3 Å². The molecule has 2 unspecified atom stereocenters. The van der Waals surface area contributed by atoms with Crippen molar-refractivity contribution in [2.75, 3.05) is 19.6 Å². The van der Waals surface area contributed by atoms with E-state index in [2.05, 4.69) is 12.2 Å². The van der Waals surface area contributed by atoms with Gasteiger partial charge in [-0.2, -0.15) is 0 Å². The van der Waals surface area contributed by atoms with Gasteiger partial charge in [-0.15, -0.1) is 0 Å². The summed E-state index contributed by atoms with van der Waals surface area (Å²) < 4.78 is 0. The quantitative estimate of drug-likeness (QED) is 0.550. The van der Waals surface area contributed by atoms with Crippen LogP contribution in [0.15, 0.2) is 0 Å². The fourth-order valence-electron chi connectivity index (χ4n) is 2.72. The molecule has 0 aromatic rings. The normalized spacial score (nSPS) is 30.8. The Morgan fingerprint density at radius 2 is 1.75 bits per heavy atom. The molecule has 1 saturated carbocycles. The van der Waals surface area contributed by atoms with Crippen molar-refractivity contribution < 1.29 is 9.59 Å². The van der Waals surface area contributed by atoms with Crippen molar-refractivity contribution in [1.29, 1.82) is 0 Å². The Balaban J connectivity index is 1.86. The van der Waals surface area contributed by atoms with Crippen molar-refractivity contribution in [2.45, 2.75) is 27.2 Å². The molecule has 90 valence electrons. The van der Waals surface area contributed by atoms with Crippen molar-refractivity contribution in [1.82, 2.24) is 10.2 Å². The van der Waals surface area contributed by atoms with Crippen LogP contribution >= 0.6 is 0 Å². The summed E-state index contributed by atoms with van der Waals surface area (Å²) in [6.07, 6.45) is 1.07. The third-order valence-corrected chi connectivity index (χ3v) is 3.83. The highest BCUT2D eigenvalue weighted by Crippen LogP contribution is 2.63. The Labute approximate surface area is 96.4 Å². The molecule has 16 heavy (non-hydrogen) atoms. The van der Waals surface area contributed by atoms with Crippen LogP contribution in [0.5, 0.6) is 0 Å². The molecule has 2 aliphatic rings. The van der Waals surface area contributed by atoms with E-state index in [9.17, 15) is 9.59 Å². The van der Waals surface area contributed by atoms with E-state index in [1.54, 1.807) is 0 Å². The highest BCUT2D eigenvalue weighted by Gasteiger charge is 2.72. The average molecular weight is 224 g/mol. The molecule has 2 atom stereocenters. The fraction of sp³-hybridized carbons (Fsp3) is 0.833. The molecule has 1 saturated heterocycles. The van der Waals surface area contributed by atoms with E-state index in [-0.39, 0.29) is 29.1 Å². The van der Waals surface area contributed by atoms with Crippen molar-refractivity contribution in [3.05, 3.63) is 0 Å². The lowest BCUT2D eigenvalue weighted by Crippen LogP contribution is -2.40. The number of nitrogens with one attached hydrogen (secondary N) is 1. The summed E-state index contributed by atoms with van der Waals surface area (Å²) in [6.45, 7) is 8.28. The minimum absolute atomic E-state index is 0.0359. The Kier molecular flexibility index (Phi) is 2.78. The monoisotopic (exact) mass is 224 g/mol. The van der Waals surface area contributed by atoms with E-state index < -0.39 is 0 Å². The molecule has 4 heteroatoms. The Morgan fingerprint density at radius 3 is 2.25 bits per heavy atom. The van der Waals surface area contributed by atoms with Gasteiger partial charge in [-0.05, 0) is 18.4 Å². The molecule has 4 nitrogen and oxygen atoms in total. The number of imide groups is 1. The lowest BCUT2D eigenvalue weighted by atomic mass is 10.1. The largest absolute Gasteiger partial charge is 0.315 e. The molecule has 0 bridgehead atoms. The lowest BCUT2D eigenvalue weighted by molar-refractivity contribution is -0.142. The number of rotatable bonds is 5. The van der Waals surface area contributed by atoms with E-state index in [0.29, 0.717) is 13.1 Å². The molecule has 0 aromatic carbocycles. The number of hydrogen-bond acceptors (Lipinski definition) is 3. The average Bonchev–Trinajstić information content (AvgIpc) is 2.68. The second kappa shape index (κ2) is 3.84.